The number of rotatable bonds is 4. The highest BCUT2D eigenvalue weighted by Gasteiger charge is 2.16. The maximum Gasteiger partial charge on any atom is 0.277 e. The van der Waals surface area contributed by atoms with Crippen LogP contribution in [0.1, 0.15) is 32.6 Å². The molecule has 0 aromatic heterocycles. The Morgan fingerprint density at radius 1 is 1.43 bits per heavy atom. The third-order valence-electron chi connectivity index (χ3n) is 3.47. The van der Waals surface area contributed by atoms with E-state index in [4.69, 9.17) is 27.9 Å². The van der Waals surface area contributed by atoms with E-state index in [1.54, 1.807) is 18.2 Å². The number of benzene rings is 1. The van der Waals surface area contributed by atoms with Crippen molar-refractivity contribution in [2.75, 3.05) is 6.61 Å². The van der Waals surface area contributed by atoms with Crippen molar-refractivity contribution in [1.82, 2.24) is 5.43 Å². The molecule has 6 heteroatoms. The molecule has 1 amide bonds. The Morgan fingerprint density at radius 3 is 2.95 bits per heavy atom. The fraction of sp³-hybridized carbons (Fsp3) is 0.467. The van der Waals surface area contributed by atoms with Crippen LogP contribution in [0.3, 0.4) is 0 Å². The van der Waals surface area contributed by atoms with Gasteiger partial charge < -0.3 is 4.74 Å². The molecule has 2 rings (SSSR count). The lowest BCUT2D eigenvalue weighted by atomic mass is 9.89. The van der Waals surface area contributed by atoms with Crippen molar-refractivity contribution in [3.8, 4) is 5.75 Å². The highest BCUT2D eigenvalue weighted by molar-refractivity contribution is 6.35. The zero-order chi connectivity index (χ0) is 15.2. The first-order chi connectivity index (χ1) is 10.1. The van der Waals surface area contributed by atoms with Crippen LogP contribution in [-0.4, -0.2) is 18.2 Å². The second-order valence-electron chi connectivity index (χ2n) is 5.15. The number of carbonyl (C=O) groups is 1. The van der Waals surface area contributed by atoms with Crippen LogP contribution in [0.2, 0.25) is 10.0 Å². The molecule has 0 saturated heterocycles. The summed E-state index contributed by atoms with van der Waals surface area (Å²) in [5.74, 6) is 0.562. The van der Waals surface area contributed by atoms with E-state index in [2.05, 4.69) is 17.5 Å². The molecule has 0 spiro atoms. The van der Waals surface area contributed by atoms with Gasteiger partial charge in [0.25, 0.3) is 5.91 Å². The number of hydrazone groups is 1. The number of nitrogens with one attached hydrogen (secondary N) is 1. The Bertz CT molecular complexity index is 546. The van der Waals surface area contributed by atoms with Crippen molar-refractivity contribution in [2.24, 2.45) is 11.0 Å². The largest absolute Gasteiger partial charge is 0.482 e. The van der Waals surface area contributed by atoms with Crippen molar-refractivity contribution in [2.45, 2.75) is 32.6 Å². The number of hydrogen-bond acceptors (Lipinski definition) is 3. The quantitative estimate of drug-likeness (QED) is 0.847. The summed E-state index contributed by atoms with van der Waals surface area (Å²) in [6.07, 6.45) is 4.44. The lowest BCUT2D eigenvalue weighted by Crippen LogP contribution is -2.28. The first kappa shape index (κ1) is 16.1. The van der Waals surface area contributed by atoms with Gasteiger partial charge in [-0.3, -0.25) is 4.79 Å². The van der Waals surface area contributed by atoms with Gasteiger partial charge in [0.2, 0.25) is 0 Å². The van der Waals surface area contributed by atoms with Crippen LogP contribution >= 0.6 is 23.2 Å². The van der Waals surface area contributed by atoms with Gasteiger partial charge >= 0.3 is 0 Å². The topological polar surface area (TPSA) is 50.7 Å². The molecule has 1 aromatic rings. The summed E-state index contributed by atoms with van der Waals surface area (Å²) >= 11 is 11.8. The third kappa shape index (κ3) is 4.90. The Labute approximate surface area is 134 Å². The van der Waals surface area contributed by atoms with Crippen LogP contribution in [-0.2, 0) is 4.79 Å². The molecule has 0 aliphatic heterocycles. The molecule has 1 aliphatic rings. The predicted molar refractivity (Wildman–Crippen MR) is 85.2 cm³/mol. The molecule has 1 aromatic carbocycles. The van der Waals surface area contributed by atoms with Gasteiger partial charge in [-0.1, -0.05) is 36.5 Å². The molecule has 1 fully saturated rings. The van der Waals surface area contributed by atoms with Crippen LogP contribution < -0.4 is 10.2 Å². The van der Waals surface area contributed by atoms with Gasteiger partial charge in [0.05, 0.1) is 5.02 Å². The van der Waals surface area contributed by atoms with Crippen LogP contribution in [0.4, 0.5) is 0 Å². The number of hydrogen-bond donors (Lipinski definition) is 1. The monoisotopic (exact) mass is 328 g/mol. The van der Waals surface area contributed by atoms with Crippen molar-refractivity contribution in [3.05, 3.63) is 28.2 Å². The zero-order valence-corrected chi connectivity index (χ0v) is 13.4. The van der Waals surface area contributed by atoms with Crippen molar-refractivity contribution < 1.29 is 9.53 Å². The Balaban J connectivity index is 1.83. The number of ether oxygens (including phenoxy) is 1. The highest BCUT2D eigenvalue weighted by atomic mass is 35.5. The lowest BCUT2D eigenvalue weighted by molar-refractivity contribution is -0.123. The summed E-state index contributed by atoms with van der Waals surface area (Å²) in [6, 6.07) is 4.86. The summed E-state index contributed by atoms with van der Waals surface area (Å²) in [7, 11) is 0. The zero-order valence-electron chi connectivity index (χ0n) is 11.9. The van der Waals surface area contributed by atoms with Crippen molar-refractivity contribution >= 4 is 34.8 Å². The molecule has 21 heavy (non-hydrogen) atoms. The minimum Gasteiger partial charge on any atom is -0.482 e. The molecular weight excluding hydrogens is 311 g/mol. The molecular formula is C15H18Cl2N2O2. The van der Waals surface area contributed by atoms with E-state index >= 15 is 0 Å². The smallest absolute Gasteiger partial charge is 0.277 e. The Hall–Kier alpha value is -1.26. The average Bonchev–Trinajstić information content (AvgIpc) is 2.45. The van der Waals surface area contributed by atoms with E-state index in [0.717, 1.165) is 25.0 Å². The SMILES string of the molecule is CC1CCCC/C1=N\NC(=O)COc1ccc(Cl)cc1Cl. The van der Waals surface area contributed by atoms with Gasteiger partial charge in [-0.05, 0) is 43.4 Å². The van der Waals surface area contributed by atoms with E-state index in [9.17, 15) is 4.79 Å². The van der Waals surface area contributed by atoms with Crippen LogP contribution in [0.15, 0.2) is 23.3 Å². The average molecular weight is 329 g/mol. The van der Waals surface area contributed by atoms with E-state index in [-0.39, 0.29) is 12.5 Å². The van der Waals surface area contributed by atoms with Gasteiger partial charge in [-0.25, -0.2) is 5.43 Å². The second-order valence-corrected chi connectivity index (χ2v) is 5.99. The maximum atomic E-state index is 11.7. The Kier molecular flexibility index (Phi) is 5.88. The molecule has 114 valence electrons. The van der Waals surface area contributed by atoms with E-state index < -0.39 is 0 Å². The van der Waals surface area contributed by atoms with E-state index in [1.807, 2.05) is 0 Å². The van der Waals surface area contributed by atoms with Gasteiger partial charge in [0.15, 0.2) is 6.61 Å². The summed E-state index contributed by atoms with van der Waals surface area (Å²) in [4.78, 5) is 11.7. The number of amides is 1. The molecule has 1 aliphatic carbocycles. The standard InChI is InChI=1S/C15H18Cl2N2O2/c1-10-4-2-3-5-13(10)18-19-15(20)9-21-14-7-6-11(16)8-12(14)17/h6-8,10H,2-5,9H2,1H3,(H,19,20)/b18-13+. The third-order valence-corrected chi connectivity index (χ3v) is 4.00. The predicted octanol–water partition coefficient (Wildman–Crippen LogP) is 4.05. The molecule has 1 saturated carbocycles. The Morgan fingerprint density at radius 2 is 2.24 bits per heavy atom. The maximum absolute atomic E-state index is 11.7. The van der Waals surface area contributed by atoms with Gasteiger partial charge in [-0.2, -0.15) is 5.10 Å². The summed E-state index contributed by atoms with van der Waals surface area (Å²) in [6.45, 7) is 2.00. The molecule has 0 bridgehead atoms. The van der Waals surface area contributed by atoms with E-state index in [1.165, 1.54) is 6.42 Å². The number of halogens is 2. The van der Waals surface area contributed by atoms with Crippen LogP contribution in [0.25, 0.3) is 0 Å². The first-order valence-electron chi connectivity index (χ1n) is 6.99. The summed E-state index contributed by atoms with van der Waals surface area (Å²) in [5.41, 5.74) is 3.59. The second kappa shape index (κ2) is 7.66. The molecule has 0 heterocycles. The molecule has 4 nitrogen and oxygen atoms in total. The highest BCUT2D eigenvalue weighted by Crippen LogP contribution is 2.27. The van der Waals surface area contributed by atoms with Crippen LogP contribution in [0, 0.1) is 5.92 Å². The first-order valence-corrected chi connectivity index (χ1v) is 7.75. The lowest BCUT2D eigenvalue weighted by Gasteiger charge is -2.19. The van der Waals surface area contributed by atoms with Crippen molar-refractivity contribution in [1.29, 1.82) is 0 Å². The molecule has 1 atom stereocenters. The minimum absolute atomic E-state index is 0.132. The summed E-state index contributed by atoms with van der Waals surface area (Å²) in [5, 5.41) is 5.10. The fourth-order valence-electron chi connectivity index (χ4n) is 2.24. The molecule has 1 unspecified atom stereocenters. The van der Waals surface area contributed by atoms with Gasteiger partial charge in [0, 0.05) is 10.7 Å². The molecule has 0 radical (unpaired) electrons. The molecule has 1 N–H and O–H groups in total. The van der Waals surface area contributed by atoms with Gasteiger partial charge in [0.1, 0.15) is 5.75 Å². The normalized spacial score (nSPS) is 20.3. The fourth-order valence-corrected chi connectivity index (χ4v) is 2.70. The number of carbonyl (C=O) groups excluding carboxylic acids is 1. The van der Waals surface area contributed by atoms with Crippen LogP contribution in [0.5, 0.6) is 5.75 Å². The van der Waals surface area contributed by atoms with Gasteiger partial charge in [-0.15, -0.1) is 0 Å². The van der Waals surface area contributed by atoms with Crippen molar-refractivity contribution in [3.63, 3.8) is 0 Å². The minimum atomic E-state index is -0.300. The number of nitrogens with zero attached hydrogens (tertiary/aromatic N) is 1. The summed E-state index contributed by atoms with van der Waals surface area (Å²) < 4.78 is 5.35. The van der Waals surface area contributed by atoms with E-state index in [0.29, 0.717) is 21.7 Å².